The fourth-order valence-corrected chi connectivity index (χ4v) is 3.31. The SMILES string of the molecule is NC(=S)c1cc(C(F)(F)F)ccc1NCc1sccc1Br. The zero-order valence-corrected chi connectivity index (χ0v) is 13.7. The van der Waals surface area contributed by atoms with E-state index in [2.05, 4.69) is 21.2 Å². The number of nitrogens with one attached hydrogen (secondary N) is 1. The second-order valence-electron chi connectivity index (χ2n) is 4.17. The molecule has 0 spiro atoms. The number of anilines is 1. The molecule has 21 heavy (non-hydrogen) atoms. The van der Waals surface area contributed by atoms with Gasteiger partial charge in [-0.3, -0.25) is 0 Å². The first-order valence-electron chi connectivity index (χ1n) is 5.76. The van der Waals surface area contributed by atoms with Crippen molar-refractivity contribution < 1.29 is 13.2 Å². The van der Waals surface area contributed by atoms with Gasteiger partial charge >= 0.3 is 6.18 Å². The summed E-state index contributed by atoms with van der Waals surface area (Å²) < 4.78 is 39.1. The predicted octanol–water partition coefficient (Wildman–Crippen LogP) is 4.78. The van der Waals surface area contributed by atoms with Crippen molar-refractivity contribution in [3.05, 3.63) is 50.1 Å². The summed E-state index contributed by atoms with van der Waals surface area (Å²) in [5, 5.41) is 4.98. The Morgan fingerprint density at radius 2 is 2.05 bits per heavy atom. The van der Waals surface area contributed by atoms with Crippen molar-refractivity contribution in [1.29, 1.82) is 0 Å². The summed E-state index contributed by atoms with van der Waals surface area (Å²) in [6.07, 6.45) is -4.42. The van der Waals surface area contributed by atoms with E-state index in [1.54, 1.807) is 0 Å². The van der Waals surface area contributed by atoms with Gasteiger partial charge < -0.3 is 11.1 Å². The van der Waals surface area contributed by atoms with Gasteiger partial charge in [0.2, 0.25) is 0 Å². The molecule has 0 saturated heterocycles. The summed E-state index contributed by atoms with van der Waals surface area (Å²) in [6.45, 7) is 0.471. The van der Waals surface area contributed by atoms with Crippen molar-refractivity contribution in [2.24, 2.45) is 5.73 Å². The van der Waals surface area contributed by atoms with Gasteiger partial charge in [0, 0.05) is 20.6 Å². The first-order valence-corrected chi connectivity index (χ1v) is 7.84. The lowest BCUT2D eigenvalue weighted by Gasteiger charge is -2.14. The molecule has 0 radical (unpaired) electrons. The molecule has 0 aliphatic rings. The van der Waals surface area contributed by atoms with Crippen molar-refractivity contribution in [1.82, 2.24) is 0 Å². The van der Waals surface area contributed by atoms with E-state index in [1.807, 2.05) is 11.4 Å². The van der Waals surface area contributed by atoms with E-state index in [-0.39, 0.29) is 10.6 Å². The van der Waals surface area contributed by atoms with Crippen molar-refractivity contribution in [2.75, 3.05) is 5.32 Å². The van der Waals surface area contributed by atoms with Crippen LogP contribution in [0.2, 0.25) is 0 Å². The average Bonchev–Trinajstić information content (AvgIpc) is 2.80. The first kappa shape index (κ1) is 16.3. The van der Waals surface area contributed by atoms with E-state index >= 15 is 0 Å². The standard InChI is InChI=1S/C13H10BrF3N2S2/c14-9-3-4-21-11(9)6-19-10-2-1-7(13(15,16)17)5-8(10)12(18)20/h1-5,19H,6H2,(H2,18,20). The number of thiocarbonyl (C=S) groups is 1. The third-order valence-corrected chi connectivity index (χ3v) is 4.89. The van der Waals surface area contributed by atoms with Crippen LogP contribution < -0.4 is 11.1 Å². The number of rotatable bonds is 4. The van der Waals surface area contributed by atoms with Crippen LogP contribution in [0.1, 0.15) is 16.0 Å². The number of halogens is 4. The highest BCUT2D eigenvalue weighted by molar-refractivity contribution is 9.10. The maximum absolute atomic E-state index is 12.7. The molecule has 2 rings (SSSR count). The average molecular weight is 395 g/mol. The first-order chi connectivity index (χ1) is 9.79. The van der Waals surface area contributed by atoms with Gasteiger partial charge in [-0.15, -0.1) is 11.3 Å². The van der Waals surface area contributed by atoms with Gasteiger partial charge in [0.05, 0.1) is 12.1 Å². The zero-order chi connectivity index (χ0) is 15.6. The van der Waals surface area contributed by atoms with Crippen molar-refractivity contribution >= 4 is 50.2 Å². The Kier molecular flexibility index (Phi) is 4.90. The number of thiophene rings is 1. The van der Waals surface area contributed by atoms with E-state index in [0.29, 0.717) is 12.2 Å². The summed E-state index contributed by atoms with van der Waals surface area (Å²) in [7, 11) is 0. The second-order valence-corrected chi connectivity index (χ2v) is 6.46. The number of hydrogen-bond acceptors (Lipinski definition) is 3. The number of benzene rings is 1. The zero-order valence-electron chi connectivity index (χ0n) is 10.5. The Labute approximate surface area is 137 Å². The van der Waals surface area contributed by atoms with E-state index < -0.39 is 11.7 Å². The van der Waals surface area contributed by atoms with Crippen molar-refractivity contribution in [2.45, 2.75) is 12.7 Å². The highest BCUT2D eigenvalue weighted by atomic mass is 79.9. The molecular weight excluding hydrogens is 385 g/mol. The largest absolute Gasteiger partial charge is 0.416 e. The van der Waals surface area contributed by atoms with Crippen LogP contribution in [0.4, 0.5) is 18.9 Å². The van der Waals surface area contributed by atoms with Gasteiger partial charge in [-0.25, -0.2) is 0 Å². The third kappa shape index (κ3) is 3.96. The van der Waals surface area contributed by atoms with Gasteiger partial charge in [0.1, 0.15) is 4.99 Å². The minimum atomic E-state index is -4.42. The second kappa shape index (κ2) is 6.33. The normalized spacial score (nSPS) is 11.4. The molecule has 2 aromatic rings. The smallest absolute Gasteiger partial charge is 0.389 e. The molecule has 2 nitrogen and oxygen atoms in total. The number of hydrogen-bond donors (Lipinski definition) is 2. The van der Waals surface area contributed by atoms with Gasteiger partial charge in [0.25, 0.3) is 0 Å². The fourth-order valence-electron chi connectivity index (χ4n) is 1.71. The van der Waals surface area contributed by atoms with Crippen LogP contribution in [0.5, 0.6) is 0 Å². The van der Waals surface area contributed by atoms with Gasteiger partial charge in [-0.2, -0.15) is 13.2 Å². The summed E-state index contributed by atoms with van der Waals surface area (Å²) in [5.41, 5.74) is 5.42. The highest BCUT2D eigenvalue weighted by Gasteiger charge is 2.31. The predicted molar refractivity (Wildman–Crippen MR) is 86.7 cm³/mol. The fraction of sp³-hybridized carbons (Fsp3) is 0.154. The third-order valence-electron chi connectivity index (χ3n) is 2.74. The van der Waals surface area contributed by atoms with Crippen LogP contribution in [0.15, 0.2) is 34.1 Å². The summed E-state index contributed by atoms with van der Waals surface area (Å²) in [6, 6.07) is 5.23. The Morgan fingerprint density at radius 1 is 1.33 bits per heavy atom. The van der Waals surface area contributed by atoms with Crippen LogP contribution in [0.3, 0.4) is 0 Å². The molecule has 0 fully saturated rings. The van der Waals surface area contributed by atoms with Gasteiger partial charge in [-0.1, -0.05) is 12.2 Å². The minimum absolute atomic E-state index is 0.0751. The number of nitrogens with two attached hydrogens (primary N) is 1. The Balaban J connectivity index is 2.27. The summed E-state index contributed by atoms with van der Waals surface area (Å²) in [5.74, 6) is 0. The number of alkyl halides is 3. The van der Waals surface area contributed by atoms with Gasteiger partial charge in [0.15, 0.2) is 0 Å². The molecule has 0 unspecified atom stereocenters. The van der Waals surface area contributed by atoms with Crippen LogP contribution in [-0.4, -0.2) is 4.99 Å². The van der Waals surface area contributed by atoms with Crippen LogP contribution >= 0.6 is 39.5 Å². The highest BCUT2D eigenvalue weighted by Crippen LogP contribution is 2.32. The van der Waals surface area contributed by atoms with E-state index in [0.717, 1.165) is 21.5 Å². The van der Waals surface area contributed by atoms with E-state index in [4.69, 9.17) is 18.0 Å². The Bertz CT molecular complexity index is 668. The quantitative estimate of drug-likeness (QED) is 0.733. The molecule has 0 atom stereocenters. The van der Waals surface area contributed by atoms with Gasteiger partial charge in [-0.05, 0) is 45.6 Å². The molecule has 8 heteroatoms. The Hall–Kier alpha value is -1.12. The van der Waals surface area contributed by atoms with Crippen LogP contribution in [-0.2, 0) is 12.7 Å². The van der Waals surface area contributed by atoms with Crippen LogP contribution in [0, 0.1) is 0 Å². The molecule has 0 saturated carbocycles. The monoisotopic (exact) mass is 394 g/mol. The van der Waals surface area contributed by atoms with E-state index in [1.165, 1.54) is 17.4 Å². The lowest BCUT2D eigenvalue weighted by atomic mass is 10.1. The lowest BCUT2D eigenvalue weighted by molar-refractivity contribution is -0.137. The molecule has 0 aliphatic carbocycles. The van der Waals surface area contributed by atoms with E-state index in [9.17, 15) is 13.2 Å². The molecular formula is C13H10BrF3N2S2. The summed E-state index contributed by atoms with van der Waals surface area (Å²) >= 11 is 9.77. The maximum Gasteiger partial charge on any atom is 0.416 e. The summed E-state index contributed by atoms with van der Waals surface area (Å²) in [4.78, 5) is 0.956. The molecule has 0 aliphatic heterocycles. The lowest BCUT2D eigenvalue weighted by Crippen LogP contribution is -2.15. The van der Waals surface area contributed by atoms with Crippen LogP contribution in [0.25, 0.3) is 0 Å². The molecule has 3 N–H and O–H groups in total. The maximum atomic E-state index is 12.7. The minimum Gasteiger partial charge on any atom is -0.389 e. The van der Waals surface area contributed by atoms with Crippen molar-refractivity contribution in [3.8, 4) is 0 Å². The van der Waals surface area contributed by atoms with Crippen molar-refractivity contribution in [3.63, 3.8) is 0 Å². The molecule has 1 heterocycles. The molecule has 112 valence electrons. The molecule has 1 aromatic carbocycles. The molecule has 1 aromatic heterocycles. The topological polar surface area (TPSA) is 38.0 Å². The molecule has 0 bridgehead atoms. The Morgan fingerprint density at radius 3 is 2.57 bits per heavy atom. The molecule has 0 amide bonds.